The van der Waals surface area contributed by atoms with E-state index in [2.05, 4.69) is 28.6 Å². The van der Waals surface area contributed by atoms with Gasteiger partial charge in [-0.05, 0) is 19.3 Å². The molecule has 0 fully saturated rings. The van der Waals surface area contributed by atoms with Gasteiger partial charge in [0.15, 0.2) is 0 Å². The van der Waals surface area contributed by atoms with Crippen LogP contribution in [0.2, 0.25) is 0 Å². The lowest BCUT2D eigenvalue weighted by Gasteiger charge is -2.25. The van der Waals surface area contributed by atoms with Crippen molar-refractivity contribution in [1.82, 2.24) is 16.0 Å². The van der Waals surface area contributed by atoms with Gasteiger partial charge < -0.3 is 31.9 Å². The number of nitrogens with one attached hydrogen (secondary N) is 3. The largest absolute Gasteiger partial charge is 0.481 e. The summed E-state index contributed by atoms with van der Waals surface area (Å²) >= 11 is 3.99. The highest BCUT2D eigenvalue weighted by atomic mass is 32.1. The molecule has 5 unspecified atom stereocenters. The van der Waals surface area contributed by atoms with Gasteiger partial charge in [-0.1, -0.05) is 20.3 Å². The molecule has 12 heteroatoms. The van der Waals surface area contributed by atoms with E-state index in [4.69, 9.17) is 10.8 Å². The number of carboxylic acids is 2. The number of rotatable bonds is 13. The Bertz CT molecular complexity index is 615. The van der Waals surface area contributed by atoms with Gasteiger partial charge in [0.05, 0.1) is 6.04 Å². The van der Waals surface area contributed by atoms with E-state index in [9.17, 15) is 29.1 Å². The topological polar surface area (TPSA) is 188 Å². The fraction of sp³-hybridized carbons (Fsp3) is 0.706. The maximum absolute atomic E-state index is 12.6. The summed E-state index contributed by atoms with van der Waals surface area (Å²) in [6.07, 6.45) is -0.216. The molecule has 5 atom stereocenters. The number of carboxylic acid groups (broad SMARTS) is 2. The van der Waals surface area contributed by atoms with E-state index in [1.54, 1.807) is 13.8 Å². The lowest BCUT2D eigenvalue weighted by atomic mass is 9.98. The van der Waals surface area contributed by atoms with Crippen LogP contribution in [-0.4, -0.2) is 69.8 Å². The van der Waals surface area contributed by atoms with E-state index < -0.39 is 60.2 Å². The number of hydrogen-bond acceptors (Lipinski definition) is 7. The predicted octanol–water partition coefficient (Wildman–Crippen LogP) is -1.29. The summed E-state index contributed by atoms with van der Waals surface area (Å²) in [4.78, 5) is 59.0. The quantitative estimate of drug-likeness (QED) is 0.174. The van der Waals surface area contributed by atoms with Crippen molar-refractivity contribution in [2.24, 2.45) is 11.7 Å². The third-order valence-electron chi connectivity index (χ3n) is 4.29. The Labute approximate surface area is 174 Å². The number of thiol groups is 1. The molecule has 0 aromatic heterocycles. The average molecular weight is 435 g/mol. The van der Waals surface area contributed by atoms with Crippen LogP contribution < -0.4 is 21.7 Å². The van der Waals surface area contributed by atoms with Gasteiger partial charge in [0.1, 0.15) is 18.1 Å². The van der Waals surface area contributed by atoms with Crippen molar-refractivity contribution in [1.29, 1.82) is 0 Å². The van der Waals surface area contributed by atoms with Crippen molar-refractivity contribution in [2.75, 3.05) is 5.75 Å². The first-order valence-electron chi connectivity index (χ1n) is 9.16. The predicted molar refractivity (Wildman–Crippen MR) is 107 cm³/mol. The van der Waals surface area contributed by atoms with E-state index in [0.29, 0.717) is 6.42 Å². The second-order valence-electron chi connectivity index (χ2n) is 6.74. The Morgan fingerprint density at radius 2 is 1.45 bits per heavy atom. The van der Waals surface area contributed by atoms with Crippen molar-refractivity contribution in [3.8, 4) is 0 Å². The van der Waals surface area contributed by atoms with Crippen LogP contribution in [0.1, 0.15) is 40.0 Å². The molecular weight excluding hydrogens is 404 g/mol. The van der Waals surface area contributed by atoms with Crippen LogP contribution in [-0.2, 0) is 24.0 Å². The molecule has 0 saturated heterocycles. The number of nitrogens with two attached hydrogens (primary N) is 1. The van der Waals surface area contributed by atoms with Gasteiger partial charge >= 0.3 is 11.9 Å². The Morgan fingerprint density at radius 3 is 1.86 bits per heavy atom. The molecule has 29 heavy (non-hydrogen) atoms. The summed E-state index contributed by atoms with van der Waals surface area (Å²) in [6, 6.07) is -4.49. The Kier molecular flexibility index (Phi) is 11.9. The van der Waals surface area contributed by atoms with Crippen molar-refractivity contribution in [3.63, 3.8) is 0 Å². The van der Waals surface area contributed by atoms with E-state index in [1.165, 1.54) is 6.92 Å². The van der Waals surface area contributed by atoms with E-state index in [1.807, 2.05) is 0 Å². The minimum absolute atomic E-state index is 0.0951. The zero-order chi connectivity index (χ0) is 22.7. The van der Waals surface area contributed by atoms with Crippen LogP contribution >= 0.6 is 12.6 Å². The molecule has 0 radical (unpaired) electrons. The molecule has 0 spiro atoms. The normalized spacial score (nSPS) is 15.9. The van der Waals surface area contributed by atoms with Gasteiger partial charge in [0, 0.05) is 12.2 Å². The maximum Gasteiger partial charge on any atom is 0.326 e. The van der Waals surface area contributed by atoms with Crippen LogP contribution in [0, 0.1) is 5.92 Å². The summed E-state index contributed by atoms with van der Waals surface area (Å²) in [6.45, 7) is 4.83. The molecule has 0 aliphatic heterocycles. The molecule has 0 bridgehead atoms. The number of carbonyl (C=O) groups is 5. The first-order valence-corrected chi connectivity index (χ1v) is 9.79. The molecule has 0 aromatic carbocycles. The van der Waals surface area contributed by atoms with Crippen LogP contribution in [0.25, 0.3) is 0 Å². The molecule has 0 aromatic rings. The molecule has 0 heterocycles. The third-order valence-corrected chi connectivity index (χ3v) is 4.65. The lowest BCUT2D eigenvalue weighted by Crippen LogP contribution is -2.58. The standard InChI is InChI=1S/C17H30N4O7S/c1-4-8(2)13(17(27)28)21-15(25)10(5-6-12(22)23)19-16(26)11(7-29)20-14(24)9(3)18/h8-11,13,29H,4-7,18H2,1-3H3,(H,19,26)(H,20,24)(H,21,25)(H,22,23)(H,27,28). The van der Waals surface area contributed by atoms with E-state index >= 15 is 0 Å². The summed E-state index contributed by atoms with van der Waals surface area (Å²) in [5.41, 5.74) is 5.44. The van der Waals surface area contributed by atoms with Crippen LogP contribution in [0.15, 0.2) is 0 Å². The second kappa shape index (κ2) is 13.0. The zero-order valence-corrected chi connectivity index (χ0v) is 17.6. The smallest absolute Gasteiger partial charge is 0.326 e. The highest BCUT2D eigenvalue weighted by molar-refractivity contribution is 7.80. The molecule has 3 amide bonds. The molecule has 7 N–H and O–H groups in total. The van der Waals surface area contributed by atoms with Crippen molar-refractivity contribution in [3.05, 3.63) is 0 Å². The van der Waals surface area contributed by atoms with Gasteiger partial charge in [-0.25, -0.2) is 4.79 Å². The number of aliphatic carboxylic acids is 2. The van der Waals surface area contributed by atoms with Crippen LogP contribution in [0.3, 0.4) is 0 Å². The van der Waals surface area contributed by atoms with Gasteiger partial charge in [0.25, 0.3) is 0 Å². The lowest BCUT2D eigenvalue weighted by molar-refractivity contribution is -0.144. The third kappa shape index (κ3) is 9.61. The fourth-order valence-electron chi connectivity index (χ4n) is 2.24. The minimum atomic E-state index is -1.31. The van der Waals surface area contributed by atoms with Gasteiger partial charge in [0.2, 0.25) is 17.7 Å². The monoisotopic (exact) mass is 434 g/mol. The molecule has 0 rings (SSSR count). The molecule has 0 saturated carbocycles. The minimum Gasteiger partial charge on any atom is -0.481 e. The van der Waals surface area contributed by atoms with E-state index in [-0.39, 0.29) is 18.1 Å². The van der Waals surface area contributed by atoms with Gasteiger partial charge in [-0.3, -0.25) is 19.2 Å². The van der Waals surface area contributed by atoms with Crippen molar-refractivity contribution < 1.29 is 34.2 Å². The van der Waals surface area contributed by atoms with Crippen molar-refractivity contribution in [2.45, 2.75) is 64.2 Å². The molecule has 166 valence electrons. The Morgan fingerprint density at radius 1 is 0.931 bits per heavy atom. The fourth-order valence-corrected chi connectivity index (χ4v) is 2.50. The average Bonchev–Trinajstić information content (AvgIpc) is 2.65. The summed E-state index contributed by atoms with van der Waals surface area (Å²) in [7, 11) is 0. The van der Waals surface area contributed by atoms with Gasteiger partial charge in [-0.15, -0.1) is 0 Å². The number of amides is 3. The van der Waals surface area contributed by atoms with Crippen LogP contribution in [0.5, 0.6) is 0 Å². The first kappa shape index (κ1) is 26.7. The Hall–Kier alpha value is -2.34. The maximum atomic E-state index is 12.6. The highest BCUT2D eigenvalue weighted by Gasteiger charge is 2.31. The number of hydrogen-bond donors (Lipinski definition) is 7. The SMILES string of the molecule is CCC(C)C(NC(=O)C(CCC(=O)O)NC(=O)C(CS)NC(=O)C(C)N)C(=O)O. The van der Waals surface area contributed by atoms with Crippen molar-refractivity contribution >= 4 is 42.3 Å². The molecule has 0 aliphatic rings. The van der Waals surface area contributed by atoms with Crippen LogP contribution in [0.4, 0.5) is 0 Å². The summed E-state index contributed by atoms with van der Waals surface area (Å²) in [5, 5.41) is 25.3. The summed E-state index contributed by atoms with van der Waals surface area (Å²) in [5.74, 6) is -5.12. The molecule has 0 aliphatic carbocycles. The first-order chi connectivity index (χ1) is 13.4. The Balaban J connectivity index is 5.35. The summed E-state index contributed by atoms with van der Waals surface area (Å²) < 4.78 is 0. The molecule has 11 nitrogen and oxygen atoms in total. The number of carbonyl (C=O) groups excluding carboxylic acids is 3. The van der Waals surface area contributed by atoms with E-state index in [0.717, 1.165) is 0 Å². The second-order valence-corrected chi connectivity index (χ2v) is 7.10. The molecular formula is C17H30N4O7S. The zero-order valence-electron chi connectivity index (χ0n) is 16.7. The highest BCUT2D eigenvalue weighted by Crippen LogP contribution is 2.09. The van der Waals surface area contributed by atoms with Gasteiger partial charge in [-0.2, -0.15) is 12.6 Å².